The molecule has 1 atom stereocenters. The Kier molecular flexibility index (Phi) is 4.70. The van der Waals surface area contributed by atoms with Crippen molar-refractivity contribution in [2.75, 3.05) is 0 Å². The van der Waals surface area contributed by atoms with Crippen LogP contribution >= 0.6 is 0 Å². The fourth-order valence-electron chi connectivity index (χ4n) is 1.69. The molecule has 0 aliphatic heterocycles. The summed E-state index contributed by atoms with van der Waals surface area (Å²) in [7, 11) is 0. The van der Waals surface area contributed by atoms with Gasteiger partial charge in [-0.1, -0.05) is 36.1 Å². The Labute approximate surface area is 122 Å². The second-order valence-corrected chi connectivity index (χ2v) is 4.31. The first-order valence-electron chi connectivity index (χ1n) is 6.29. The third kappa shape index (κ3) is 4.16. The molecule has 0 bridgehead atoms. The topological polar surface area (TPSA) is 46.5 Å². The lowest BCUT2D eigenvalue weighted by atomic mass is 10.1. The molecule has 0 aliphatic carbocycles. The number of esters is 1. The van der Waals surface area contributed by atoms with E-state index in [0.29, 0.717) is 16.9 Å². The molecule has 4 heteroatoms. The molecule has 1 N–H and O–H groups in total. The van der Waals surface area contributed by atoms with Crippen molar-refractivity contribution in [1.29, 1.82) is 0 Å². The van der Waals surface area contributed by atoms with Crippen LogP contribution in [0.5, 0.6) is 5.75 Å². The van der Waals surface area contributed by atoms with E-state index in [1.165, 1.54) is 31.2 Å². The molecule has 21 heavy (non-hydrogen) atoms. The summed E-state index contributed by atoms with van der Waals surface area (Å²) in [6, 6.07) is 12.2. The Morgan fingerprint density at radius 1 is 1.19 bits per heavy atom. The summed E-state index contributed by atoms with van der Waals surface area (Å²) in [6.45, 7) is 1.30. The molecule has 3 nitrogen and oxygen atoms in total. The number of hydrogen-bond acceptors (Lipinski definition) is 3. The molecule has 106 valence electrons. The van der Waals surface area contributed by atoms with Crippen molar-refractivity contribution in [3.05, 3.63) is 65.5 Å². The molecule has 0 saturated heterocycles. The number of aliphatic hydroxyl groups excluding tert-OH is 1. The van der Waals surface area contributed by atoms with E-state index in [2.05, 4.69) is 11.8 Å². The quantitative estimate of drug-likeness (QED) is 0.524. The van der Waals surface area contributed by atoms with Crippen molar-refractivity contribution in [3.8, 4) is 17.6 Å². The molecule has 2 rings (SSSR count). The average molecular weight is 284 g/mol. The number of carbonyl (C=O) groups excluding carboxylic acids is 1. The highest BCUT2D eigenvalue weighted by atomic mass is 19.1. The molecular weight excluding hydrogens is 271 g/mol. The summed E-state index contributed by atoms with van der Waals surface area (Å²) in [5.74, 6) is 4.92. The number of carbonyl (C=O) groups is 1. The SMILES string of the molecule is CC(=O)Oc1ccccc1C#CC(O)c1ccc(F)cc1. The molecule has 0 spiro atoms. The number of hydrogen-bond donors (Lipinski definition) is 1. The summed E-state index contributed by atoms with van der Waals surface area (Å²) < 4.78 is 17.8. The van der Waals surface area contributed by atoms with Gasteiger partial charge in [-0.25, -0.2) is 4.39 Å². The number of aliphatic hydroxyl groups is 1. The standard InChI is InChI=1S/C17H13FO3/c1-12(19)21-17-5-3-2-4-14(17)8-11-16(20)13-6-9-15(18)10-7-13/h2-7,9-10,16,20H,1H3. The van der Waals surface area contributed by atoms with Gasteiger partial charge in [-0.15, -0.1) is 0 Å². The minimum Gasteiger partial charge on any atom is -0.425 e. The zero-order chi connectivity index (χ0) is 15.2. The van der Waals surface area contributed by atoms with Crippen molar-refractivity contribution in [3.63, 3.8) is 0 Å². The Morgan fingerprint density at radius 3 is 2.52 bits per heavy atom. The Hall–Kier alpha value is -2.64. The zero-order valence-electron chi connectivity index (χ0n) is 11.3. The van der Waals surface area contributed by atoms with E-state index in [1.54, 1.807) is 24.3 Å². The Balaban J connectivity index is 2.22. The summed E-state index contributed by atoms with van der Waals surface area (Å²) in [4.78, 5) is 11.0. The van der Waals surface area contributed by atoms with E-state index in [-0.39, 0.29) is 5.82 Å². The van der Waals surface area contributed by atoms with E-state index in [4.69, 9.17) is 4.74 Å². The summed E-state index contributed by atoms with van der Waals surface area (Å²) in [5, 5.41) is 9.94. The van der Waals surface area contributed by atoms with E-state index >= 15 is 0 Å². The van der Waals surface area contributed by atoms with E-state index in [0.717, 1.165) is 0 Å². The lowest BCUT2D eigenvalue weighted by Gasteiger charge is -2.04. The van der Waals surface area contributed by atoms with Gasteiger partial charge in [0, 0.05) is 6.92 Å². The second-order valence-electron chi connectivity index (χ2n) is 4.31. The molecule has 2 aromatic rings. The fourth-order valence-corrected chi connectivity index (χ4v) is 1.69. The van der Waals surface area contributed by atoms with Crippen LogP contribution in [-0.2, 0) is 4.79 Å². The van der Waals surface area contributed by atoms with Crippen LogP contribution in [0.15, 0.2) is 48.5 Å². The smallest absolute Gasteiger partial charge is 0.308 e. The maximum atomic E-state index is 12.8. The van der Waals surface area contributed by atoms with Crippen molar-refractivity contribution >= 4 is 5.97 Å². The van der Waals surface area contributed by atoms with Crippen LogP contribution in [0.4, 0.5) is 4.39 Å². The Morgan fingerprint density at radius 2 is 1.86 bits per heavy atom. The third-order valence-corrected chi connectivity index (χ3v) is 2.67. The second kappa shape index (κ2) is 6.69. The molecule has 0 saturated carbocycles. The molecule has 0 aromatic heterocycles. The van der Waals surface area contributed by atoms with Crippen LogP contribution in [0.1, 0.15) is 24.2 Å². The summed E-state index contributed by atoms with van der Waals surface area (Å²) >= 11 is 0. The van der Waals surface area contributed by atoms with Crippen LogP contribution in [0.3, 0.4) is 0 Å². The lowest BCUT2D eigenvalue weighted by Crippen LogP contribution is -2.02. The van der Waals surface area contributed by atoms with Gasteiger partial charge in [0.05, 0.1) is 5.56 Å². The minimum absolute atomic E-state index is 0.337. The van der Waals surface area contributed by atoms with Crippen molar-refractivity contribution in [2.24, 2.45) is 0 Å². The first-order valence-corrected chi connectivity index (χ1v) is 6.29. The molecule has 0 radical (unpaired) electrons. The van der Waals surface area contributed by atoms with Gasteiger partial charge in [-0.2, -0.15) is 0 Å². The molecule has 1 unspecified atom stereocenters. The molecule has 0 amide bonds. The minimum atomic E-state index is -1.05. The van der Waals surface area contributed by atoms with Crippen LogP contribution < -0.4 is 4.74 Å². The monoisotopic (exact) mass is 284 g/mol. The van der Waals surface area contributed by atoms with Crippen molar-refractivity contribution in [1.82, 2.24) is 0 Å². The first-order chi connectivity index (χ1) is 10.1. The average Bonchev–Trinajstić information content (AvgIpc) is 2.46. The van der Waals surface area contributed by atoms with Crippen LogP contribution in [-0.4, -0.2) is 11.1 Å². The fraction of sp³-hybridized carbons (Fsp3) is 0.118. The number of para-hydroxylation sites is 1. The van der Waals surface area contributed by atoms with Gasteiger partial charge in [0.1, 0.15) is 17.7 Å². The lowest BCUT2D eigenvalue weighted by molar-refractivity contribution is -0.131. The molecule has 0 heterocycles. The van der Waals surface area contributed by atoms with Gasteiger partial charge in [-0.05, 0) is 29.8 Å². The van der Waals surface area contributed by atoms with Crippen LogP contribution in [0.25, 0.3) is 0 Å². The molecular formula is C17H13FO3. The van der Waals surface area contributed by atoms with Crippen LogP contribution in [0.2, 0.25) is 0 Å². The number of halogens is 1. The van der Waals surface area contributed by atoms with Gasteiger partial charge in [-0.3, -0.25) is 4.79 Å². The predicted molar refractivity (Wildman–Crippen MR) is 76.0 cm³/mol. The molecule has 0 fully saturated rings. The summed E-state index contributed by atoms with van der Waals surface area (Å²) in [6.07, 6.45) is -1.05. The van der Waals surface area contributed by atoms with Gasteiger partial charge in [0.25, 0.3) is 0 Å². The van der Waals surface area contributed by atoms with Crippen molar-refractivity contribution in [2.45, 2.75) is 13.0 Å². The summed E-state index contributed by atoms with van der Waals surface area (Å²) in [5.41, 5.74) is 0.989. The maximum Gasteiger partial charge on any atom is 0.308 e. The normalized spacial score (nSPS) is 11.2. The first kappa shape index (κ1) is 14.8. The number of rotatable bonds is 2. The van der Waals surface area contributed by atoms with Gasteiger partial charge < -0.3 is 9.84 Å². The highest BCUT2D eigenvalue weighted by Gasteiger charge is 2.05. The van der Waals surface area contributed by atoms with E-state index < -0.39 is 12.1 Å². The predicted octanol–water partition coefficient (Wildman–Crippen LogP) is 2.84. The van der Waals surface area contributed by atoms with E-state index in [1.807, 2.05) is 0 Å². The highest BCUT2D eigenvalue weighted by Crippen LogP contribution is 2.18. The Bertz CT molecular complexity index is 696. The van der Waals surface area contributed by atoms with Gasteiger partial charge >= 0.3 is 5.97 Å². The van der Waals surface area contributed by atoms with Gasteiger partial charge in [0.15, 0.2) is 0 Å². The molecule has 0 aliphatic rings. The van der Waals surface area contributed by atoms with Crippen molar-refractivity contribution < 1.29 is 19.0 Å². The largest absolute Gasteiger partial charge is 0.425 e. The van der Waals surface area contributed by atoms with Gasteiger partial charge in [0.2, 0.25) is 0 Å². The molecule has 2 aromatic carbocycles. The van der Waals surface area contributed by atoms with E-state index in [9.17, 15) is 14.3 Å². The zero-order valence-corrected chi connectivity index (χ0v) is 11.3. The van der Waals surface area contributed by atoms with Crippen LogP contribution in [0, 0.1) is 17.7 Å². The maximum absolute atomic E-state index is 12.8. The number of benzene rings is 2. The number of ether oxygens (including phenoxy) is 1. The third-order valence-electron chi connectivity index (χ3n) is 2.67. The highest BCUT2D eigenvalue weighted by molar-refractivity contribution is 5.70.